The van der Waals surface area contributed by atoms with Gasteiger partial charge >= 0.3 is 0 Å². The summed E-state index contributed by atoms with van der Waals surface area (Å²) in [6, 6.07) is 17.7. The molecule has 1 aliphatic rings. The van der Waals surface area contributed by atoms with Crippen molar-refractivity contribution in [3.63, 3.8) is 0 Å². The number of aromatic nitrogens is 1. The molecule has 0 radical (unpaired) electrons. The number of carbonyl (C=O) groups is 2. The molecule has 0 saturated carbocycles. The fourth-order valence-electron chi connectivity index (χ4n) is 3.82. The monoisotopic (exact) mass is 491 g/mol. The van der Waals surface area contributed by atoms with Crippen LogP contribution in [0.3, 0.4) is 0 Å². The molecule has 0 atom stereocenters. The van der Waals surface area contributed by atoms with Crippen LogP contribution in [0, 0.1) is 0 Å². The highest BCUT2D eigenvalue weighted by Gasteiger charge is 2.23. The molecule has 5 rings (SSSR count). The summed E-state index contributed by atoms with van der Waals surface area (Å²) >= 11 is 12.1. The highest BCUT2D eigenvalue weighted by Crippen LogP contribution is 2.32. The Morgan fingerprint density at radius 2 is 1.88 bits per heavy atom. The SMILES string of the molecule is O=C1Nc2cc(C(=O)NCCc3c[nH]c4ccc(Cl)cc34)ccc2OC1=Cc1cccc(Cl)c1. The molecule has 3 N–H and O–H groups in total. The van der Waals surface area contributed by atoms with Gasteiger partial charge in [-0.2, -0.15) is 0 Å². The average molecular weight is 492 g/mol. The van der Waals surface area contributed by atoms with E-state index in [1.807, 2.05) is 30.5 Å². The van der Waals surface area contributed by atoms with Crippen molar-refractivity contribution in [1.29, 1.82) is 0 Å². The van der Waals surface area contributed by atoms with Crippen LogP contribution in [-0.2, 0) is 11.2 Å². The molecule has 34 heavy (non-hydrogen) atoms. The minimum atomic E-state index is -0.400. The van der Waals surface area contributed by atoms with Crippen LogP contribution in [0.15, 0.2) is 72.6 Å². The van der Waals surface area contributed by atoms with E-state index in [4.69, 9.17) is 27.9 Å². The number of H-pyrrole nitrogens is 1. The maximum absolute atomic E-state index is 12.7. The highest BCUT2D eigenvalue weighted by atomic mass is 35.5. The molecule has 4 aromatic rings. The molecule has 1 aromatic heterocycles. The molecule has 0 saturated heterocycles. The maximum Gasteiger partial charge on any atom is 0.291 e. The van der Waals surface area contributed by atoms with Gasteiger partial charge < -0.3 is 20.4 Å². The lowest BCUT2D eigenvalue weighted by atomic mass is 10.1. The molecule has 8 heteroatoms. The first kappa shape index (κ1) is 22.1. The number of nitrogens with one attached hydrogen (secondary N) is 3. The van der Waals surface area contributed by atoms with Gasteiger partial charge in [0.1, 0.15) is 0 Å². The van der Waals surface area contributed by atoms with E-state index in [2.05, 4.69) is 15.6 Å². The Balaban J connectivity index is 1.25. The van der Waals surface area contributed by atoms with Crippen LogP contribution < -0.4 is 15.4 Å². The molecule has 0 aliphatic carbocycles. The Labute approximate surface area is 205 Å². The predicted molar refractivity (Wildman–Crippen MR) is 134 cm³/mol. The highest BCUT2D eigenvalue weighted by molar-refractivity contribution is 6.31. The topological polar surface area (TPSA) is 83.2 Å². The van der Waals surface area contributed by atoms with Gasteiger partial charge in [0.2, 0.25) is 0 Å². The van der Waals surface area contributed by atoms with Crippen LogP contribution in [0.4, 0.5) is 5.69 Å². The Morgan fingerprint density at radius 1 is 1.03 bits per heavy atom. The van der Waals surface area contributed by atoms with E-state index in [0.29, 0.717) is 40.0 Å². The number of ether oxygens (including phenoxy) is 1. The van der Waals surface area contributed by atoms with Crippen LogP contribution in [0.25, 0.3) is 17.0 Å². The van der Waals surface area contributed by atoms with Crippen molar-refractivity contribution >= 4 is 57.7 Å². The van der Waals surface area contributed by atoms with Gasteiger partial charge in [0.15, 0.2) is 11.5 Å². The first-order valence-corrected chi connectivity index (χ1v) is 11.4. The normalized spacial score (nSPS) is 13.9. The molecule has 2 heterocycles. The lowest BCUT2D eigenvalue weighted by Crippen LogP contribution is -2.27. The lowest BCUT2D eigenvalue weighted by Gasteiger charge is -2.20. The summed E-state index contributed by atoms with van der Waals surface area (Å²) in [6.07, 6.45) is 4.19. The Bertz CT molecular complexity index is 1460. The number of fused-ring (bicyclic) bond motifs is 2. The number of rotatable bonds is 5. The largest absolute Gasteiger partial charge is 0.449 e. The molecule has 1 aliphatic heterocycles. The summed E-state index contributed by atoms with van der Waals surface area (Å²) in [6.45, 7) is 0.449. The van der Waals surface area contributed by atoms with Gasteiger partial charge in [-0.15, -0.1) is 0 Å². The Hall–Kier alpha value is -3.74. The zero-order valence-corrected chi connectivity index (χ0v) is 19.3. The molecule has 6 nitrogen and oxygen atoms in total. The van der Waals surface area contributed by atoms with Gasteiger partial charge in [-0.05, 0) is 72.2 Å². The maximum atomic E-state index is 12.7. The number of aromatic amines is 1. The zero-order chi connectivity index (χ0) is 23.7. The van der Waals surface area contributed by atoms with Gasteiger partial charge in [-0.1, -0.05) is 35.3 Å². The van der Waals surface area contributed by atoms with Crippen molar-refractivity contribution in [1.82, 2.24) is 10.3 Å². The number of anilines is 1. The molecule has 2 amide bonds. The van der Waals surface area contributed by atoms with Gasteiger partial charge in [0, 0.05) is 39.3 Å². The molecule has 3 aromatic carbocycles. The van der Waals surface area contributed by atoms with Crippen molar-refractivity contribution in [2.75, 3.05) is 11.9 Å². The standard InChI is InChI=1S/C26H19Cl2N3O3/c27-18-3-1-2-15(10-18)11-24-26(33)31-22-12-16(4-7-23(22)34-24)25(32)29-9-8-17-14-30-21-6-5-19(28)13-20(17)21/h1-7,10-14,30H,8-9H2,(H,29,32)(H,31,33). The number of halogens is 2. The van der Waals surface area contributed by atoms with Crippen LogP contribution in [0.1, 0.15) is 21.5 Å². The van der Waals surface area contributed by atoms with Crippen molar-refractivity contribution in [2.24, 2.45) is 0 Å². The van der Waals surface area contributed by atoms with E-state index >= 15 is 0 Å². The lowest BCUT2D eigenvalue weighted by molar-refractivity contribution is -0.115. The van der Waals surface area contributed by atoms with E-state index in [-0.39, 0.29) is 11.7 Å². The smallest absolute Gasteiger partial charge is 0.291 e. The molecule has 0 fully saturated rings. The molecule has 0 spiro atoms. The van der Waals surface area contributed by atoms with E-state index in [1.54, 1.807) is 42.5 Å². The number of amides is 2. The molecular weight excluding hydrogens is 473 g/mol. The molecule has 170 valence electrons. The minimum Gasteiger partial charge on any atom is -0.449 e. The second-order valence-corrected chi connectivity index (χ2v) is 8.71. The second-order valence-electron chi connectivity index (χ2n) is 7.84. The number of carbonyl (C=O) groups excluding carboxylic acids is 2. The summed E-state index contributed by atoms with van der Waals surface area (Å²) in [5.74, 6) is -0.0379. The van der Waals surface area contributed by atoms with Crippen molar-refractivity contribution in [3.8, 4) is 5.75 Å². The molecule has 0 bridgehead atoms. The third-order valence-corrected chi connectivity index (χ3v) is 5.96. The number of benzene rings is 3. The Morgan fingerprint density at radius 3 is 2.74 bits per heavy atom. The van der Waals surface area contributed by atoms with E-state index in [1.165, 1.54) is 0 Å². The van der Waals surface area contributed by atoms with Crippen LogP contribution in [-0.4, -0.2) is 23.3 Å². The van der Waals surface area contributed by atoms with Gasteiger partial charge in [0.05, 0.1) is 5.69 Å². The van der Waals surface area contributed by atoms with Gasteiger partial charge in [-0.25, -0.2) is 0 Å². The zero-order valence-electron chi connectivity index (χ0n) is 17.8. The van der Waals surface area contributed by atoms with Gasteiger partial charge in [0.25, 0.3) is 11.8 Å². The third-order valence-electron chi connectivity index (χ3n) is 5.49. The van der Waals surface area contributed by atoms with Crippen LogP contribution in [0.2, 0.25) is 10.0 Å². The number of hydrogen-bond acceptors (Lipinski definition) is 3. The summed E-state index contributed by atoms with van der Waals surface area (Å²) < 4.78 is 5.76. The fraction of sp³-hybridized carbons (Fsp3) is 0.0769. The van der Waals surface area contributed by atoms with Crippen molar-refractivity contribution in [3.05, 3.63) is 99.4 Å². The summed E-state index contributed by atoms with van der Waals surface area (Å²) in [5.41, 5.74) is 3.68. The molecular formula is C26H19Cl2N3O3. The quantitative estimate of drug-likeness (QED) is 0.307. The van der Waals surface area contributed by atoms with E-state index in [9.17, 15) is 9.59 Å². The predicted octanol–water partition coefficient (Wildman–Crippen LogP) is 5.82. The van der Waals surface area contributed by atoms with Crippen LogP contribution >= 0.6 is 23.2 Å². The van der Waals surface area contributed by atoms with Crippen LogP contribution in [0.5, 0.6) is 5.75 Å². The number of hydrogen-bond donors (Lipinski definition) is 3. The third kappa shape index (κ3) is 4.64. The van der Waals surface area contributed by atoms with Gasteiger partial charge in [-0.3, -0.25) is 9.59 Å². The van der Waals surface area contributed by atoms with E-state index in [0.717, 1.165) is 22.0 Å². The fourth-order valence-corrected chi connectivity index (χ4v) is 4.19. The Kier molecular flexibility index (Phi) is 6.01. The average Bonchev–Trinajstić information content (AvgIpc) is 3.21. The minimum absolute atomic E-state index is 0.144. The molecule has 0 unspecified atom stereocenters. The summed E-state index contributed by atoms with van der Waals surface area (Å²) in [4.78, 5) is 28.4. The summed E-state index contributed by atoms with van der Waals surface area (Å²) in [5, 5.41) is 7.97. The summed E-state index contributed by atoms with van der Waals surface area (Å²) in [7, 11) is 0. The van der Waals surface area contributed by atoms with E-state index < -0.39 is 5.91 Å². The second kappa shape index (κ2) is 9.25. The van der Waals surface area contributed by atoms with Crippen molar-refractivity contribution < 1.29 is 14.3 Å². The first-order valence-electron chi connectivity index (χ1n) is 10.6. The van der Waals surface area contributed by atoms with Crippen molar-refractivity contribution in [2.45, 2.75) is 6.42 Å². The first-order chi connectivity index (χ1) is 16.5.